The first-order valence-corrected chi connectivity index (χ1v) is 4.73. The number of nitrogens with two attached hydrogens (primary N) is 1. The van der Waals surface area contributed by atoms with Gasteiger partial charge in [-0.1, -0.05) is 0 Å². The van der Waals surface area contributed by atoms with Crippen molar-refractivity contribution in [2.45, 2.75) is 0 Å². The summed E-state index contributed by atoms with van der Waals surface area (Å²) in [4.78, 5) is 11.6. The van der Waals surface area contributed by atoms with Crippen molar-refractivity contribution in [1.82, 2.24) is 10.2 Å². The van der Waals surface area contributed by atoms with Crippen molar-refractivity contribution in [2.75, 3.05) is 11.1 Å². The van der Waals surface area contributed by atoms with Gasteiger partial charge in [0.05, 0.1) is 11.9 Å². The lowest BCUT2D eigenvalue weighted by Crippen LogP contribution is -2.14. The number of hydrogen-bond acceptors (Lipinski definition) is 3. The highest BCUT2D eigenvalue weighted by Gasteiger charge is 2.16. The van der Waals surface area contributed by atoms with E-state index in [1.54, 1.807) is 0 Å². The van der Waals surface area contributed by atoms with E-state index in [-0.39, 0.29) is 11.4 Å². The Hall–Kier alpha value is -2.51. The minimum absolute atomic E-state index is 0.0181. The van der Waals surface area contributed by atoms with Crippen LogP contribution in [-0.4, -0.2) is 16.1 Å². The molecule has 0 unspecified atom stereocenters. The van der Waals surface area contributed by atoms with Gasteiger partial charge in [-0.2, -0.15) is 5.10 Å². The van der Waals surface area contributed by atoms with Gasteiger partial charge in [-0.05, 0) is 0 Å². The summed E-state index contributed by atoms with van der Waals surface area (Å²) in [6, 6.07) is 0.877. The first-order valence-electron chi connectivity index (χ1n) is 4.73. The molecule has 2 aromatic rings. The number of nitrogen functional groups attached to an aromatic ring is 1. The normalized spacial score (nSPS) is 10.4. The van der Waals surface area contributed by atoms with E-state index in [2.05, 4.69) is 15.5 Å². The maximum atomic E-state index is 13.3. The molecular weight excluding hydrogens is 249 g/mol. The smallest absolute Gasteiger partial charge is 0.261 e. The number of H-pyrrole nitrogens is 1. The van der Waals surface area contributed by atoms with Gasteiger partial charge in [-0.15, -0.1) is 0 Å². The van der Waals surface area contributed by atoms with Gasteiger partial charge in [0, 0.05) is 12.1 Å². The van der Waals surface area contributed by atoms with Crippen LogP contribution in [0.25, 0.3) is 0 Å². The Morgan fingerprint density at radius 2 is 1.89 bits per heavy atom. The van der Waals surface area contributed by atoms with Crippen LogP contribution in [0, 0.1) is 17.5 Å². The Morgan fingerprint density at radius 3 is 2.50 bits per heavy atom. The Balaban J connectivity index is 2.28. The third-order valence-corrected chi connectivity index (χ3v) is 2.17. The van der Waals surface area contributed by atoms with Crippen molar-refractivity contribution in [3.05, 3.63) is 41.3 Å². The van der Waals surface area contributed by atoms with Gasteiger partial charge < -0.3 is 11.1 Å². The van der Waals surface area contributed by atoms with Crippen molar-refractivity contribution in [2.24, 2.45) is 0 Å². The predicted molar refractivity (Wildman–Crippen MR) is 57.3 cm³/mol. The van der Waals surface area contributed by atoms with E-state index >= 15 is 0 Å². The second-order valence-electron chi connectivity index (χ2n) is 3.40. The molecule has 0 saturated heterocycles. The molecule has 1 heterocycles. The molecule has 0 spiro atoms. The lowest BCUT2D eigenvalue weighted by Gasteiger charge is -2.06. The van der Waals surface area contributed by atoms with Crippen LogP contribution in [0.5, 0.6) is 0 Å². The van der Waals surface area contributed by atoms with Gasteiger partial charge in [0.25, 0.3) is 5.91 Å². The zero-order valence-corrected chi connectivity index (χ0v) is 8.80. The van der Waals surface area contributed by atoms with Crippen LogP contribution in [0.2, 0.25) is 0 Å². The molecule has 18 heavy (non-hydrogen) atoms. The fourth-order valence-corrected chi connectivity index (χ4v) is 1.29. The lowest BCUT2D eigenvalue weighted by atomic mass is 10.2. The minimum atomic E-state index is -1.34. The summed E-state index contributed by atoms with van der Waals surface area (Å²) in [5.41, 5.74) is 4.87. The number of nitrogens with zero attached hydrogens (tertiary/aromatic N) is 1. The topological polar surface area (TPSA) is 83.8 Å². The molecule has 0 aliphatic carbocycles. The molecule has 0 bridgehead atoms. The SMILES string of the molecule is Nc1[nH]ncc1C(=O)Nc1cc(F)c(F)cc1F. The first kappa shape index (κ1) is 12.0. The Labute approximate surface area is 98.8 Å². The molecule has 0 saturated carbocycles. The van der Waals surface area contributed by atoms with Gasteiger partial charge in [-0.3, -0.25) is 9.89 Å². The number of carbonyl (C=O) groups excluding carboxylic acids is 1. The van der Waals surface area contributed by atoms with Crippen LogP contribution in [0.15, 0.2) is 18.3 Å². The fourth-order valence-electron chi connectivity index (χ4n) is 1.29. The zero-order valence-electron chi connectivity index (χ0n) is 8.80. The molecule has 94 valence electrons. The Kier molecular flexibility index (Phi) is 2.92. The highest BCUT2D eigenvalue weighted by molar-refractivity contribution is 6.07. The number of amides is 1. The van der Waals surface area contributed by atoms with Gasteiger partial charge in [0.2, 0.25) is 0 Å². The molecule has 4 N–H and O–H groups in total. The second kappa shape index (κ2) is 4.40. The largest absolute Gasteiger partial charge is 0.383 e. The van der Waals surface area contributed by atoms with E-state index in [9.17, 15) is 18.0 Å². The molecule has 1 aromatic carbocycles. The van der Waals surface area contributed by atoms with Crippen LogP contribution in [0.3, 0.4) is 0 Å². The number of anilines is 2. The number of rotatable bonds is 2. The summed E-state index contributed by atoms with van der Waals surface area (Å²) in [5, 5.41) is 7.87. The predicted octanol–water partition coefficient (Wildman–Crippen LogP) is 1.66. The van der Waals surface area contributed by atoms with E-state index in [1.807, 2.05) is 0 Å². The van der Waals surface area contributed by atoms with E-state index in [0.29, 0.717) is 12.1 Å². The summed E-state index contributed by atoms with van der Waals surface area (Å²) in [5.74, 6) is -4.51. The number of carbonyl (C=O) groups is 1. The maximum absolute atomic E-state index is 13.3. The molecule has 5 nitrogen and oxygen atoms in total. The maximum Gasteiger partial charge on any atom is 0.261 e. The number of aromatic amines is 1. The van der Waals surface area contributed by atoms with Crippen molar-refractivity contribution in [3.63, 3.8) is 0 Å². The number of hydrogen-bond donors (Lipinski definition) is 3. The molecule has 1 amide bonds. The zero-order chi connectivity index (χ0) is 13.3. The van der Waals surface area contributed by atoms with Gasteiger partial charge >= 0.3 is 0 Å². The lowest BCUT2D eigenvalue weighted by molar-refractivity contribution is 0.102. The highest BCUT2D eigenvalue weighted by atomic mass is 19.2. The second-order valence-corrected chi connectivity index (χ2v) is 3.40. The van der Waals surface area contributed by atoms with Gasteiger partial charge in [0.1, 0.15) is 17.2 Å². The van der Waals surface area contributed by atoms with Crippen molar-refractivity contribution in [1.29, 1.82) is 0 Å². The number of halogens is 3. The molecule has 0 radical (unpaired) electrons. The van der Waals surface area contributed by atoms with E-state index in [4.69, 9.17) is 5.73 Å². The summed E-state index contributed by atoms with van der Waals surface area (Å²) in [7, 11) is 0. The van der Waals surface area contributed by atoms with Crippen LogP contribution in [0.4, 0.5) is 24.7 Å². The highest BCUT2D eigenvalue weighted by Crippen LogP contribution is 2.19. The minimum Gasteiger partial charge on any atom is -0.383 e. The Morgan fingerprint density at radius 1 is 1.22 bits per heavy atom. The van der Waals surface area contributed by atoms with Crippen molar-refractivity contribution >= 4 is 17.4 Å². The molecule has 1 aromatic heterocycles. The molecule has 0 atom stereocenters. The summed E-state index contributed by atoms with van der Waals surface area (Å²) in [6.07, 6.45) is 1.13. The molecular formula is C10H7F3N4O. The quantitative estimate of drug-likeness (QED) is 0.714. The van der Waals surface area contributed by atoms with Crippen LogP contribution in [0.1, 0.15) is 10.4 Å². The monoisotopic (exact) mass is 256 g/mol. The van der Waals surface area contributed by atoms with Crippen molar-refractivity contribution < 1.29 is 18.0 Å². The molecule has 8 heteroatoms. The first-order chi connectivity index (χ1) is 8.49. The van der Waals surface area contributed by atoms with E-state index in [0.717, 1.165) is 6.20 Å². The average Bonchev–Trinajstić information content (AvgIpc) is 2.72. The molecule has 0 aliphatic rings. The molecule has 0 fully saturated rings. The third-order valence-electron chi connectivity index (χ3n) is 2.17. The standard InChI is InChI=1S/C10H7F3N4O/c11-5-1-7(13)8(2-6(5)12)16-10(18)4-3-15-17-9(4)14/h1-3H,(H,16,18)(H3,14,15,17). The van der Waals surface area contributed by atoms with Crippen LogP contribution >= 0.6 is 0 Å². The van der Waals surface area contributed by atoms with Crippen molar-refractivity contribution in [3.8, 4) is 0 Å². The van der Waals surface area contributed by atoms with Gasteiger partial charge in [-0.25, -0.2) is 13.2 Å². The van der Waals surface area contributed by atoms with Crippen LogP contribution < -0.4 is 11.1 Å². The third kappa shape index (κ3) is 2.12. The Bertz CT molecular complexity index is 611. The number of aromatic nitrogens is 2. The summed E-state index contributed by atoms with van der Waals surface area (Å²) in [6.45, 7) is 0. The number of benzene rings is 1. The number of nitrogens with one attached hydrogen (secondary N) is 2. The van der Waals surface area contributed by atoms with E-state index in [1.165, 1.54) is 0 Å². The molecule has 0 aliphatic heterocycles. The van der Waals surface area contributed by atoms with Crippen LogP contribution in [-0.2, 0) is 0 Å². The van der Waals surface area contributed by atoms with Gasteiger partial charge in [0.15, 0.2) is 11.6 Å². The summed E-state index contributed by atoms with van der Waals surface area (Å²) < 4.78 is 38.8. The molecule has 2 rings (SSSR count). The van der Waals surface area contributed by atoms with E-state index < -0.39 is 29.0 Å². The summed E-state index contributed by atoms with van der Waals surface area (Å²) >= 11 is 0. The average molecular weight is 256 g/mol. The fraction of sp³-hybridized carbons (Fsp3) is 0.